The lowest BCUT2D eigenvalue weighted by Crippen LogP contribution is -2.34. The van der Waals surface area contributed by atoms with Gasteiger partial charge in [-0.3, -0.25) is 9.59 Å². The molecule has 224 valence electrons. The number of hydrogen-bond donors (Lipinski definition) is 4. The van der Waals surface area contributed by atoms with Gasteiger partial charge in [0.05, 0.1) is 23.5 Å². The molecular weight excluding hydrogens is 554 g/mol. The summed E-state index contributed by atoms with van der Waals surface area (Å²) in [5.74, 6) is -1.81. The second kappa shape index (κ2) is 14.9. The molecule has 9 nitrogen and oxygen atoms in total. The first-order valence-corrected chi connectivity index (χ1v) is 16.0. The van der Waals surface area contributed by atoms with Crippen LogP contribution < -0.4 is 20.5 Å². The van der Waals surface area contributed by atoms with Gasteiger partial charge >= 0.3 is 0 Å². The fraction of sp³-hybridized carbons (Fsp3) is 0.375. The van der Waals surface area contributed by atoms with E-state index in [0.717, 1.165) is 67.3 Å². The number of sulfonamides is 1. The van der Waals surface area contributed by atoms with Gasteiger partial charge in [0.1, 0.15) is 5.75 Å². The van der Waals surface area contributed by atoms with Crippen LogP contribution in [-0.4, -0.2) is 50.3 Å². The summed E-state index contributed by atoms with van der Waals surface area (Å²) >= 11 is 0. The molecule has 5 N–H and O–H groups in total. The molecule has 0 unspecified atom stereocenters. The molecule has 42 heavy (non-hydrogen) atoms. The van der Waals surface area contributed by atoms with E-state index in [-0.39, 0.29) is 18.1 Å². The molecule has 1 atom stereocenters. The lowest BCUT2D eigenvalue weighted by Gasteiger charge is -2.24. The van der Waals surface area contributed by atoms with Crippen LogP contribution in [0.5, 0.6) is 5.75 Å². The third kappa shape index (κ3) is 9.40. The third-order valence-electron chi connectivity index (χ3n) is 7.34. The van der Waals surface area contributed by atoms with Gasteiger partial charge in [-0.15, -0.1) is 0 Å². The summed E-state index contributed by atoms with van der Waals surface area (Å²) in [6.45, 7) is 1.19. The van der Waals surface area contributed by atoms with E-state index in [2.05, 4.69) is 5.32 Å². The van der Waals surface area contributed by atoms with Gasteiger partial charge in [-0.1, -0.05) is 67.1 Å². The van der Waals surface area contributed by atoms with Gasteiger partial charge in [-0.2, -0.15) is 0 Å². The van der Waals surface area contributed by atoms with E-state index < -0.39 is 33.7 Å². The minimum atomic E-state index is -4.04. The van der Waals surface area contributed by atoms with Crippen molar-refractivity contribution in [3.63, 3.8) is 0 Å². The Labute approximate surface area is 247 Å². The zero-order chi connectivity index (χ0) is 30.0. The van der Waals surface area contributed by atoms with Crippen LogP contribution in [0, 0.1) is 0 Å². The smallest absolute Gasteiger partial charge is 0.268 e. The summed E-state index contributed by atoms with van der Waals surface area (Å²) in [6.07, 6.45) is 4.75. The van der Waals surface area contributed by atoms with E-state index in [1.807, 2.05) is 59.3 Å². The maximum absolute atomic E-state index is 13.0. The lowest BCUT2D eigenvalue weighted by atomic mass is 9.97. The second-order valence-electron chi connectivity index (χ2n) is 10.6. The van der Waals surface area contributed by atoms with Crippen molar-refractivity contribution in [1.29, 1.82) is 0 Å². The molecule has 1 saturated carbocycles. The molecule has 0 bridgehead atoms. The van der Waals surface area contributed by atoms with E-state index in [1.165, 1.54) is 0 Å². The van der Waals surface area contributed by atoms with Crippen molar-refractivity contribution >= 4 is 21.8 Å². The van der Waals surface area contributed by atoms with Gasteiger partial charge in [0, 0.05) is 13.0 Å². The average Bonchev–Trinajstić information content (AvgIpc) is 2.99. The van der Waals surface area contributed by atoms with E-state index in [9.17, 15) is 23.1 Å². The summed E-state index contributed by atoms with van der Waals surface area (Å²) in [6, 6.07) is 22.8. The van der Waals surface area contributed by atoms with Crippen molar-refractivity contribution in [2.24, 2.45) is 5.73 Å². The van der Waals surface area contributed by atoms with Crippen LogP contribution in [-0.2, 0) is 21.2 Å². The molecule has 0 aliphatic heterocycles. The molecule has 10 heteroatoms. The number of ether oxygens (including phenoxy) is 1. The van der Waals surface area contributed by atoms with E-state index >= 15 is 0 Å². The van der Waals surface area contributed by atoms with Crippen molar-refractivity contribution in [3.05, 3.63) is 89.5 Å². The Morgan fingerprint density at radius 1 is 0.952 bits per heavy atom. The van der Waals surface area contributed by atoms with Gasteiger partial charge in [-0.25, -0.2) is 13.1 Å². The number of carbonyl (C=O) groups is 2. The summed E-state index contributed by atoms with van der Waals surface area (Å²) in [4.78, 5) is 24.0. The first-order valence-electron chi connectivity index (χ1n) is 14.4. The van der Waals surface area contributed by atoms with Gasteiger partial charge in [0.25, 0.3) is 5.91 Å². The second-order valence-corrected chi connectivity index (χ2v) is 12.5. The number of aliphatic hydroxyl groups excluding tert-OH is 1. The fourth-order valence-electron chi connectivity index (χ4n) is 4.96. The van der Waals surface area contributed by atoms with Crippen LogP contribution in [0.25, 0.3) is 11.1 Å². The molecular formula is C32H39N3O6S. The van der Waals surface area contributed by atoms with Gasteiger partial charge in [0.2, 0.25) is 15.9 Å². The molecule has 1 aliphatic rings. The molecule has 4 rings (SSSR count). The minimum Gasteiger partial charge on any atom is -0.490 e. The molecule has 2 amide bonds. The van der Waals surface area contributed by atoms with Gasteiger partial charge < -0.3 is 20.9 Å². The summed E-state index contributed by atoms with van der Waals surface area (Å²) in [5, 5.41) is 13.6. The Morgan fingerprint density at radius 2 is 1.64 bits per heavy atom. The number of nitrogens with one attached hydrogen (secondary N) is 2. The van der Waals surface area contributed by atoms with Crippen molar-refractivity contribution in [2.45, 2.75) is 57.2 Å². The molecule has 0 saturated heterocycles. The van der Waals surface area contributed by atoms with E-state index in [0.29, 0.717) is 12.3 Å². The molecule has 3 aromatic rings. The number of primary amides is 1. The standard InChI is InChI=1S/C32H39N3O6S/c33-31(37)18-20-42(39,40)35-32(38)28-16-15-26(21-30(28)41-27-9-5-2-6-10-27)24-13-11-23(12-14-24)17-19-34-22-29(36)25-7-3-1-4-8-25/h1,3-4,7-8,11-16,21,27,29,34,36H,2,5-6,9-10,17-20,22H2,(H2,33,37)(H,35,38)/t29-/m1/s1. The molecule has 0 spiro atoms. The molecule has 1 aliphatic carbocycles. The maximum atomic E-state index is 13.0. The number of nitrogens with two attached hydrogens (primary N) is 1. The van der Waals surface area contributed by atoms with Crippen LogP contribution >= 0.6 is 0 Å². The van der Waals surface area contributed by atoms with Crippen molar-refractivity contribution in [1.82, 2.24) is 10.0 Å². The topological polar surface area (TPSA) is 148 Å². The molecule has 0 radical (unpaired) electrons. The highest BCUT2D eigenvalue weighted by Gasteiger charge is 2.23. The zero-order valence-electron chi connectivity index (χ0n) is 23.6. The summed E-state index contributed by atoms with van der Waals surface area (Å²) in [7, 11) is -4.04. The van der Waals surface area contributed by atoms with Crippen LogP contribution in [0.1, 0.15) is 66.1 Å². The highest BCUT2D eigenvalue weighted by Crippen LogP contribution is 2.31. The lowest BCUT2D eigenvalue weighted by molar-refractivity contribution is -0.117. The quantitative estimate of drug-likeness (QED) is 0.208. The summed E-state index contributed by atoms with van der Waals surface area (Å²) in [5.41, 5.74) is 8.97. The zero-order valence-corrected chi connectivity index (χ0v) is 24.4. The Hall–Kier alpha value is -3.73. The molecule has 1 fully saturated rings. The predicted molar refractivity (Wildman–Crippen MR) is 162 cm³/mol. The maximum Gasteiger partial charge on any atom is 0.268 e. The van der Waals surface area contributed by atoms with Gasteiger partial charge in [0.15, 0.2) is 0 Å². The Kier molecular flexibility index (Phi) is 11.1. The fourth-order valence-corrected chi connectivity index (χ4v) is 5.92. The number of benzene rings is 3. The highest BCUT2D eigenvalue weighted by atomic mass is 32.2. The van der Waals surface area contributed by atoms with Crippen molar-refractivity contribution < 1.29 is 27.9 Å². The van der Waals surface area contributed by atoms with Crippen molar-refractivity contribution in [3.8, 4) is 16.9 Å². The first-order chi connectivity index (χ1) is 20.2. The predicted octanol–water partition coefficient (Wildman–Crippen LogP) is 3.87. The third-order valence-corrected chi connectivity index (χ3v) is 8.58. The SMILES string of the molecule is NC(=O)CCS(=O)(=O)NC(=O)c1ccc(-c2ccc(CCNC[C@@H](O)c3ccccc3)cc2)cc1OC1CCCCC1. The minimum absolute atomic E-state index is 0.0534. The number of carbonyl (C=O) groups excluding carboxylic acids is 2. The molecule has 3 aromatic carbocycles. The first kappa shape index (κ1) is 31.2. The summed E-state index contributed by atoms with van der Waals surface area (Å²) < 4.78 is 33.0. The van der Waals surface area contributed by atoms with Crippen LogP contribution in [0.4, 0.5) is 0 Å². The van der Waals surface area contributed by atoms with Crippen molar-refractivity contribution in [2.75, 3.05) is 18.8 Å². The van der Waals surface area contributed by atoms with E-state index in [4.69, 9.17) is 10.5 Å². The number of amides is 2. The number of hydrogen-bond acceptors (Lipinski definition) is 7. The number of rotatable bonds is 14. The Morgan fingerprint density at radius 3 is 2.33 bits per heavy atom. The van der Waals surface area contributed by atoms with Crippen LogP contribution in [0.3, 0.4) is 0 Å². The molecule has 0 aromatic heterocycles. The number of aliphatic hydroxyl groups is 1. The Balaban J connectivity index is 1.42. The molecule has 0 heterocycles. The van der Waals surface area contributed by atoms with E-state index in [1.54, 1.807) is 18.2 Å². The highest BCUT2D eigenvalue weighted by molar-refractivity contribution is 7.90. The van der Waals surface area contributed by atoms with Crippen LogP contribution in [0.15, 0.2) is 72.8 Å². The van der Waals surface area contributed by atoms with Crippen LogP contribution in [0.2, 0.25) is 0 Å². The monoisotopic (exact) mass is 593 g/mol. The normalized spacial score (nSPS) is 14.7. The van der Waals surface area contributed by atoms with Gasteiger partial charge in [-0.05, 0) is 73.0 Å². The largest absolute Gasteiger partial charge is 0.490 e. The Bertz CT molecular complexity index is 1440. The average molecular weight is 594 g/mol.